The zero-order valence-electron chi connectivity index (χ0n) is 11.3. The molecule has 1 aliphatic heterocycles. The number of pyridine rings is 1. The van der Waals surface area contributed by atoms with Crippen LogP contribution >= 0.6 is 34.8 Å². The summed E-state index contributed by atoms with van der Waals surface area (Å²) in [4.78, 5) is 23.7. The van der Waals surface area contributed by atoms with Gasteiger partial charge in [0.2, 0.25) is 5.91 Å². The van der Waals surface area contributed by atoms with E-state index < -0.39 is 46.1 Å². The maximum atomic E-state index is 12.4. The first-order valence-corrected chi connectivity index (χ1v) is 7.63. The Morgan fingerprint density at radius 3 is 2.61 bits per heavy atom. The Bertz CT molecular complexity index is 655. The summed E-state index contributed by atoms with van der Waals surface area (Å²) < 4.78 is 37.7. The molecular formula is C12H11Cl3F3N3O2. The zero-order valence-corrected chi connectivity index (χ0v) is 13.6. The van der Waals surface area contributed by atoms with Gasteiger partial charge in [0.15, 0.2) is 0 Å². The van der Waals surface area contributed by atoms with E-state index in [0.29, 0.717) is 4.57 Å². The largest absolute Gasteiger partial charge is 0.406 e. The van der Waals surface area contributed by atoms with Gasteiger partial charge < -0.3 is 9.88 Å². The van der Waals surface area contributed by atoms with Gasteiger partial charge in [-0.05, 0) is 12.5 Å². The molecule has 0 aliphatic carbocycles. The standard InChI is InChI=1S/C12H11Cl3F3N3O2/c13-6-2-8(20-9(6)15)10(22)19-5-1-7(14)11(23)21(3-5)4-12(16,17)18/h1,3,6,8-9,20H,2,4H2,(H,19,22). The molecule has 2 heterocycles. The van der Waals surface area contributed by atoms with Crippen molar-refractivity contribution in [2.24, 2.45) is 0 Å². The summed E-state index contributed by atoms with van der Waals surface area (Å²) in [7, 11) is 0. The van der Waals surface area contributed by atoms with Crippen LogP contribution in [0, 0.1) is 0 Å². The second-order valence-corrected chi connectivity index (χ2v) is 6.42. The number of carbonyl (C=O) groups excluding carboxylic acids is 1. The van der Waals surface area contributed by atoms with Crippen LogP contribution in [0.4, 0.5) is 18.9 Å². The topological polar surface area (TPSA) is 63.1 Å². The molecule has 3 atom stereocenters. The van der Waals surface area contributed by atoms with Crippen molar-refractivity contribution in [1.29, 1.82) is 0 Å². The van der Waals surface area contributed by atoms with Gasteiger partial charge in [-0.25, -0.2) is 0 Å². The van der Waals surface area contributed by atoms with E-state index in [-0.39, 0.29) is 12.1 Å². The predicted octanol–water partition coefficient (Wildman–Crippen LogP) is 2.54. The van der Waals surface area contributed by atoms with Crippen LogP contribution in [0.3, 0.4) is 0 Å². The normalized spacial score (nSPS) is 24.7. The van der Waals surface area contributed by atoms with E-state index in [1.54, 1.807) is 0 Å². The Hall–Kier alpha value is -0.960. The highest BCUT2D eigenvalue weighted by atomic mass is 35.5. The Balaban J connectivity index is 2.17. The van der Waals surface area contributed by atoms with Gasteiger partial charge in [0.1, 0.15) is 11.6 Å². The average Bonchev–Trinajstić information content (AvgIpc) is 2.74. The summed E-state index contributed by atoms with van der Waals surface area (Å²) in [6.45, 7) is -1.51. The van der Waals surface area contributed by atoms with Gasteiger partial charge in [-0.15, -0.1) is 23.2 Å². The maximum Gasteiger partial charge on any atom is 0.406 e. The van der Waals surface area contributed by atoms with Crippen molar-refractivity contribution < 1.29 is 18.0 Å². The number of rotatable bonds is 3. The van der Waals surface area contributed by atoms with Crippen LogP contribution in [0.15, 0.2) is 17.1 Å². The molecule has 0 spiro atoms. The van der Waals surface area contributed by atoms with Gasteiger partial charge in [-0.1, -0.05) is 11.6 Å². The number of amides is 1. The number of hydrogen-bond donors (Lipinski definition) is 2. The Labute approximate surface area is 143 Å². The highest BCUT2D eigenvalue weighted by Gasteiger charge is 2.35. The summed E-state index contributed by atoms with van der Waals surface area (Å²) >= 11 is 17.3. The van der Waals surface area contributed by atoms with E-state index in [1.165, 1.54) is 0 Å². The molecular weight excluding hydrogens is 382 g/mol. The fraction of sp³-hybridized carbons (Fsp3) is 0.500. The molecule has 0 bridgehead atoms. The van der Waals surface area contributed by atoms with Crippen molar-refractivity contribution >= 4 is 46.4 Å². The highest BCUT2D eigenvalue weighted by molar-refractivity contribution is 6.31. The summed E-state index contributed by atoms with van der Waals surface area (Å²) in [5.74, 6) is -0.535. The highest BCUT2D eigenvalue weighted by Crippen LogP contribution is 2.23. The van der Waals surface area contributed by atoms with Crippen molar-refractivity contribution in [3.05, 3.63) is 27.6 Å². The number of alkyl halides is 5. The number of aromatic nitrogens is 1. The monoisotopic (exact) mass is 391 g/mol. The molecule has 0 radical (unpaired) electrons. The Morgan fingerprint density at radius 2 is 2.09 bits per heavy atom. The molecule has 1 aromatic heterocycles. The molecule has 1 aromatic rings. The molecule has 1 aliphatic rings. The lowest BCUT2D eigenvalue weighted by Gasteiger charge is -2.14. The fourth-order valence-electron chi connectivity index (χ4n) is 2.10. The van der Waals surface area contributed by atoms with Crippen LogP contribution in [0.1, 0.15) is 6.42 Å². The number of nitrogens with one attached hydrogen (secondary N) is 2. The third kappa shape index (κ3) is 4.76. The molecule has 1 saturated heterocycles. The van der Waals surface area contributed by atoms with Gasteiger partial charge in [-0.3, -0.25) is 14.9 Å². The van der Waals surface area contributed by atoms with Gasteiger partial charge in [-0.2, -0.15) is 13.2 Å². The van der Waals surface area contributed by atoms with Crippen LogP contribution in [0.5, 0.6) is 0 Å². The lowest BCUT2D eigenvalue weighted by atomic mass is 10.2. The number of hydrogen-bond acceptors (Lipinski definition) is 3. The summed E-state index contributed by atoms with van der Waals surface area (Å²) in [6.07, 6.45) is -3.46. The van der Waals surface area contributed by atoms with Crippen LogP contribution < -0.4 is 16.2 Å². The second kappa shape index (κ2) is 6.88. The lowest BCUT2D eigenvalue weighted by Crippen LogP contribution is -2.38. The Kier molecular flexibility index (Phi) is 5.50. The van der Waals surface area contributed by atoms with Crippen LogP contribution in [-0.2, 0) is 11.3 Å². The lowest BCUT2D eigenvalue weighted by molar-refractivity contribution is -0.141. The fourth-order valence-corrected chi connectivity index (χ4v) is 2.83. The minimum absolute atomic E-state index is 0.0326. The quantitative estimate of drug-likeness (QED) is 0.614. The summed E-state index contributed by atoms with van der Waals surface area (Å²) in [5, 5.41) is 4.25. The van der Waals surface area contributed by atoms with Crippen molar-refractivity contribution in [1.82, 2.24) is 9.88 Å². The molecule has 1 amide bonds. The van der Waals surface area contributed by atoms with Crippen LogP contribution in [0.25, 0.3) is 0 Å². The first-order valence-electron chi connectivity index (χ1n) is 6.38. The molecule has 3 unspecified atom stereocenters. The molecule has 1 fully saturated rings. The van der Waals surface area contributed by atoms with Crippen molar-refractivity contribution in [3.63, 3.8) is 0 Å². The second-order valence-electron chi connectivity index (χ2n) is 4.99. The van der Waals surface area contributed by atoms with E-state index in [1.807, 2.05) is 0 Å². The van der Waals surface area contributed by atoms with Gasteiger partial charge in [0, 0.05) is 6.20 Å². The SMILES string of the molecule is O=C(Nc1cc(Cl)c(=O)n(CC(F)(F)F)c1)C1CC(Cl)C(Cl)N1. The third-order valence-corrected chi connectivity index (χ3v) is 4.37. The smallest absolute Gasteiger partial charge is 0.323 e. The predicted molar refractivity (Wildman–Crippen MR) is 81.2 cm³/mol. The van der Waals surface area contributed by atoms with E-state index in [9.17, 15) is 22.8 Å². The van der Waals surface area contributed by atoms with E-state index in [4.69, 9.17) is 34.8 Å². The van der Waals surface area contributed by atoms with Crippen LogP contribution in [0.2, 0.25) is 5.02 Å². The molecule has 11 heteroatoms. The van der Waals surface area contributed by atoms with E-state index in [0.717, 1.165) is 12.3 Å². The zero-order chi connectivity index (χ0) is 17.4. The van der Waals surface area contributed by atoms with Crippen molar-refractivity contribution in [2.75, 3.05) is 5.32 Å². The third-order valence-electron chi connectivity index (χ3n) is 3.11. The molecule has 2 rings (SSSR count). The Morgan fingerprint density at radius 1 is 1.43 bits per heavy atom. The molecule has 0 saturated carbocycles. The summed E-state index contributed by atoms with van der Waals surface area (Å²) in [6, 6.07) is 0.390. The van der Waals surface area contributed by atoms with E-state index in [2.05, 4.69) is 10.6 Å². The molecule has 5 nitrogen and oxygen atoms in total. The van der Waals surface area contributed by atoms with Crippen molar-refractivity contribution in [3.8, 4) is 0 Å². The minimum Gasteiger partial charge on any atom is -0.323 e. The number of anilines is 1. The first kappa shape index (κ1) is 18.4. The molecule has 2 N–H and O–H groups in total. The first-order chi connectivity index (χ1) is 10.6. The molecule has 0 aromatic carbocycles. The molecule has 128 valence electrons. The maximum absolute atomic E-state index is 12.4. The van der Waals surface area contributed by atoms with Gasteiger partial charge in [0.25, 0.3) is 5.56 Å². The van der Waals surface area contributed by atoms with Gasteiger partial charge in [0.05, 0.1) is 22.6 Å². The molecule has 23 heavy (non-hydrogen) atoms. The number of carbonyl (C=O) groups is 1. The van der Waals surface area contributed by atoms with Gasteiger partial charge >= 0.3 is 6.18 Å². The average molecular weight is 393 g/mol. The summed E-state index contributed by atoms with van der Waals surface area (Å²) in [5.41, 5.74) is -1.62. The number of nitrogens with zero attached hydrogens (tertiary/aromatic N) is 1. The van der Waals surface area contributed by atoms with E-state index >= 15 is 0 Å². The minimum atomic E-state index is -4.60. The number of halogens is 6. The van der Waals surface area contributed by atoms with Crippen LogP contribution in [-0.4, -0.2) is 33.6 Å². The van der Waals surface area contributed by atoms with Crippen molar-refractivity contribution in [2.45, 2.75) is 36.1 Å².